The van der Waals surface area contributed by atoms with Crippen LogP contribution in [0.2, 0.25) is 0 Å². The first-order chi connectivity index (χ1) is 6.11. The zero-order valence-electron chi connectivity index (χ0n) is 8.01. The molecule has 2 rings (SSSR count). The van der Waals surface area contributed by atoms with Crippen LogP contribution in [0.3, 0.4) is 0 Å². The fourth-order valence-corrected chi connectivity index (χ4v) is 1.84. The molecule has 0 radical (unpaired) electrons. The molecule has 68 valence electrons. The Morgan fingerprint density at radius 2 is 1.92 bits per heavy atom. The van der Waals surface area contributed by atoms with Gasteiger partial charge in [0.1, 0.15) is 5.52 Å². The van der Waals surface area contributed by atoms with Crippen LogP contribution >= 0.6 is 0 Å². The molecule has 3 heteroatoms. The van der Waals surface area contributed by atoms with Crippen molar-refractivity contribution in [3.8, 4) is 0 Å². The molecular formula is C10H12N2O. The summed E-state index contributed by atoms with van der Waals surface area (Å²) < 4.78 is 1.98. The molecule has 2 heterocycles. The summed E-state index contributed by atoms with van der Waals surface area (Å²) in [6, 6.07) is 2.03. The molecule has 0 saturated heterocycles. The van der Waals surface area contributed by atoms with Gasteiger partial charge in [-0.15, -0.1) is 0 Å². The van der Waals surface area contributed by atoms with Crippen molar-refractivity contribution in [3.05, 3.63) is 39.6 Å². The molecule has 0 aromatic carbocycles. The fraction of sp³-hybridized carbons (Fsp3) is 0.300. The van der Waals surface area contributed by atoms with E-state index in [0.29, 0.717) is 0 Å². The number of hydrogen-bond acceptors (Lipinski definition) is 1. The highest BCUT2D eigenvalue weighted by Crippen LogP contribution is 2.13. The number of aryl methyl sites for hydroxylation is 3. The van der Waals surface area contributed by atoms with E-state index in [4.69, 9.17) is 0 Å². The maximum atomic E-state index is 11.5. The summed E-state index contributed by atoms with van der Waals surface area (Å²) in [4.78, 5) is 14.2. The summed E-state index contributed by atoms with van der Waals surface area (Å²) in [5.74, 6) is 0. The van der Waals surface area contributed by atoms with Crippen molar-refractivity contribution >= 4 is 5.52 Å². The van der Waals surface area contributed by atoms with Crippen molar-refractivity contribution in [2.75, 3.05) is 0 Å². The summed E-state index contributed by atoms with van der Waals surface area (Å²) in [5.41, 5.74) is 3.94. The number of nitrogens with zero attached hydrogens (tertiary/aromatic N) is 1. The van der Waals surface area contributed by atoms with Crippen molar-refractivity contribution in [2.45, 2.75) is 20.8 Å². The van der Waals surface area contributed by atoms with E-state index < -0.39 is 0 Å². The molecule has 0 unspecified atom stereocenters. The van der Waals surface area contributed by atoms with Crippen LogP contribution in [-0.4, -0.2) is 9.38 Å². The van der Waals surface area contributed by atoms with Gasteiger partial charge in [0.15, 0.2) is 0 Å². The third-order valence-corrected chi connectivity index (χ3v) is 2.36. The molecular weight excluding hydrogens is 164 g/mol. The van der Waals surface area contributed by atoms with Gasteiger partial charge in [0.2, 0.25) is 0 Å². The first kappa shape index (κ1) is 8.10. The Bertz CT molecular complexity index is 519. The Kier molecular flexibility index (Phi) is 1.55. The zero-order valence-corrected chi connectivity index (χ0v) is 8.01. The van der Waals surface area contributed by atoms with Crippen LogP contribution in [0, 0.1) is 20.8 Å². The number of fused-ring (bicyclic) bond motifs is 1. The normalized spacial score (nSPS) is 11.0. The zero-order chi connectivity index (χ0) is 9.59. The second-order valence-corrected chi connectivity index (χ2v) is 3.41. The second-order valence-electron chi connectivity index (χ2n) is 3.41. The molecule has 0 saturated carbocycles. The molecule has 3 nitrogen and oxygen atoms in total. The monoisotopic (exact) mass is 176 g/mol. The minimum atomic E-state index is -0.0174. The van der Waals surface area contributed by atoms with E-state index >= 15 is 0 Å². The van der Waals surface area contributed by atoms with Crippen molar-refractivity contribution < 1.29 is 0 Å². The van der Waals surface area contributed by atoms with Crippen molar-refractivity contribution in [1.29, 1.82) is 0 Å². The van der Waals surface area contributed by atoms with Crippen LogP contribution in [0.15, 0.2) is 17.1 Å². The number of hydrogen-bond donors (Lipinski definition) is 1. The second kappa shape index (κ2) is 2.49. The number of aromatic amines is 1. The van der Waals surface area contributed by atoms with Crippen molar-refractivity contribution in [1.82, 2.24) is 9.38 Å². The minimum Gasteiger partial charge on any atom is -0.326 e. The van der Waals surface area contributed by atoms with Crippen LogP contribution in [0.5, 0.6) is 0 Å². The van der Waals surface area contributed by atoms with Gasteiger partial charge in [-0.25, -0.2) is 0 Å². The molecule has 0 fully saturated rings. The fourth-order valence-electron chi connectivity index (χ4n) is 1.84. The van der Waals surface area contributed by atoms with Gasteiger partial charge in [-0.3, -0.25) is 4.79 Å². The predicted octanol–water partition coefficient (Wildman–Crippen LogP) is 1.55. The standard InChI is InChI=1S/C10H12N2O/c1-6-4-7(2)12-8(3)5-11-10(13)9(6)12/h4-5H,1-3H3,(H,11,13). The van der Waals surface area contributed by atoms with Gasteiger partial charge in [0.25, 0.3) is 5.56 Å². The van der Waals surface area contributed by atoms with Gasteiger partial charge in [-0.1, -0.05) is 0 Å². The van der Waals surface area contributed by atoms with Crippen LogP contribution < -0.4 is 5.56 Å². The van der Waals surface area contributed by atoms with E-state index in [1.54, 1.807) is 6.20 Å². The molecule has 0 atom stereocenters. The number of H-pyrrole nitrogens is 1. The highest BCUT2D eigenvalue weighted by atomic mass is 16.1. The summed E-state index contributed by atoms with van der Waals surface area (Å²) in [6.45, 7) is 5.94. The first-order valence-corrected chi connectivity index (χ1v) is 4.28. The smallest absolute Gasteiger partial charge is 0.272 e. The number of nitrogens with one attached hydrogen (secondary N) is 1. The molecule has 0 aliphatic rings. The van der Waals surface area contributed by atoms with Gasteiger partial charge in [-0.2, -0.15) is 0 Å². The van der Waals surface area contributed by atoms with Crippen LogP contribution in [-0.2, 0) is 0 Å². The van der Waals surface area contributed by atoms with Gasteiger partial charge < -0.3 is 9.38 Å². The summed E-state index contributed by atoms with van der Waals surface area (Å²) >= 11 is 0. The Morgan fingerprint density at radius 1 is 1.23 bits per heavy atom. The van der Waals surface area contributed by atoms with E-state index in [-0.39, 0.29) is 5.56 Å². The maximum absolute atomic E-state index is 11.5. The lowest BCUT2D eigenvalue weighted by atomic mass is 10.3. The number of aromatic nitrogens is 2. The summed E-state index contributed by atoms with van der Waals surface area (Å²) in [7, 11) is 0. The van der Waals surface area contributed by atoms with Crippen LogP contribution in [0.1, 0.15) is 17.0 Å². The van der Waals surface area contributed by atoms with Crippen LogP contribution in [0.25, 0.3) is 5.52 Å². The largest absolute Gasteiger partial charge is 0.326 e. The Hall–Kier alpha value is -1.51. The van der Waals surface area contributed by atoms with E-state index in [1.807, 2.05) is 31.2 Å². The van der Waals surface area contributed by atoms with Gasteiger partial charge in [0.05, 0.1) is 0 Å². The van der Waals surface area contributed by atoms with E-state index in [2.05, 4.69) is 4.98 Å². The lowest BCUT2D eigenvalue weighted by molar-refractivity contribution is 0.992. The molecule has 0 aliphatic carbocycles. The third kappa shape index (κ3) is 1.00. The Labute approximate surface area is 76.0 Å². The summed E-state index contributed by atoms with van der Waals surface area (Å²) in [6.07, 6.45) is 1.74. The van der Waals surface area contributed by atoms with Crippen molar-refractivity contribution in [3.63, 3.8) is 0 Å². The Balaban J connectivity index is 3.12. The maximum Gasteiger partial charge on any atom is 0.272 e. The molecule has 2 aromatic heterocycles. The molecule has 0 aliphatic heterocycles. The quantitative estimate of drug-likeness (QED) is 0.649. The third-order valence-electron chi connectivity index (χ3n) is 2.36. The molecule has 0 amide bonds. The molecule has 0 bridgehead atoms. The van der Waals surface area contributed by atoms with Gasteiger partial charge >= 0.3 is 0 Å². The summed E-state index contributed by atoms with van der Waals surface area (Å²) in [5, 5.41) is 0. The average molecular weight is 176 g/mol. The molecule has 13 heavy (non-hydrogen) atoms. The van der Waals surface area contributed by atoms with E-state index in [9.17, 15) is 4.79 Å². The Morgan fingerprint density at radius 3 is 2.54 bits per heavy atom. The highest BCUT2D eigenvalue weighted by Gasteiger charge is 2.07. The van der Waals surface area contributed by atoms with Crippen molar-refractivity contribution in [2.24, 2.45) is 0 Å². The molecule has 1 N–H and O–H groups in total. The van der Waals surface area contributed by atoms with E-state index in [0.717, 1.165) is 22.5 Å². The van der Waals surface area contributed by atoms with Gasteiger partial charge in [0, 0.05) is 17.6 Å². The molecule has 2 aromatic rings. The average Bonchev–Trinajstić information content (AvgIpc) is 2.36. The number of rotatable bonds is 0. The highest BCUT2D eigenvalue weighted by molar-refractivity contribution is 5.56. The first-order valence-electron chi connectivity index (χ1n) is 4.28. The SMILES string of the molecule is Cc1cc(C)n2c(C)c[nH]c(=O)c12. The van der Waals surface area contributed by atoms with E-state index in [1.165, 1.54) is 0 Å². The van der Waals surface area contributed by atoms with Gasteiger partial charge in [-0.05, 0) is 32.4 Å². The van der Waals surface area contributed by atoms with Crippen LogP contribution in [0.4, 0.5) is 0 Å². The lowest BCUT2D eigenvalue weighted by Gasteiger charge is -2.01. The lowest BCUT2D eigenvalue weighted by Crippen LogP contribution is -2.11. The predicted molar refractivity (Wildman–Crippen MR) is 52.2 cm³/mol. The molecule has 0 spiro atoms. The minimum absolute atomic E-state index is 0.0174. The topological polar surface area (TPSA) is 37.3 Å².